The van der Waals surface area contributed by atoms with Crippen LogP contribution >= 0.6 is 11.6 Å². The van der Waals surface area contributed by atoms with Crippen LogP contribution in [0.15, 0.2) is 48.7 Å². The molecule has 276 valence electrons. The van der Waals surface area contributed by atoms with Crippen LogP contribution in [0, 0.1) is 11.2 Å². The summed E-state index contributed by atoms with van der Waals surface area (Å²) >= 11 is 7.12. The Labute approximate surface area is 313 Å². The fraction of sp³-hybridized carbons (Fsp3) is 0.425. The van der Waals surface area contributed by atoms with E-state index < -0.39 is 5.82 Å². The van der Waals surface area contributed by atoms with Crippen molar-refractivity contribution in [2.45, 2.75) is 39.3 Å². The van der Waals surface area contributed by atoms with Crippen LogP contribution in [0.4, 0.5) is 4.39 Å². The van der Waals surface area contributed by atoms with Gasteiger partial charge in [-0.05, 0) is 30.5 Å². The molecule has 5 heterocycles. The maximum Gasteiger partial charge on any atom is 0.237 e. The summed E-state index contributed by atoms with van der Waals surface area (Å²) in [6, 6.07) is 13.1. The van der Waals surface area contributed by atoms with Crippen LogP contribution in [0.2, 0.25) is 5.02 Å². The van der Waals surface area contributed by atoms with Gasteiger partial charge in [-0.15, -0.1) is 0 Å². The summed E-state index contributed by atoms with van der Waals surface area (Å²) in [5.41, 5.74) is 6.03. The number of benzene rings is 2. The summed E-state index contributed by atoms with van der Waals surface area (Å²) in [7, 11) is 3.18. The zero-order valence-electron chi connectivity index (χ0n) is 30.5. The molecule has 3 saturated heterocycles. The Kier molecular flexibility index (Phi) is 9.32. The second-order valence-electron chi connectivity index (χ2n) is 14.8. The molecular formula is C40H43ClFN7O4. The Morgan fingerprint density at radius 2 is 1.49 bits per heavy atom. The van der Waals surface area contributed by atoms with Crippen LogP contribution in [-0.2, 0) is 22.6 Å². The number of ether oxygens (including phenoxy) is 2. The Hall–Kier alpha value is -4.65. The van der Waals surface area contributed by atoms with Crippen LogP contribution in [-0.4, -0.2) is 113 Å². The number of methoxy groups -OCH3 is 2. The zero-order chi connectivity index (χ0) is 37.0. The highest BCUT2D eigenvalue weighted by Gasteiger charge is 2.55. The summed E-state index contributed by atoms with van der Waals surface area (Å²) in [6.07, 6.45) is 3.44. The van der Waals surface area contributed by atoms with E-state index >= 15 is 4.39 Å². The number of piperazine rings is 1. The van der Waals surface area contributed by atoms with Gasteiger partial charge in [-0.25, -0.2) is 14.4 Å². The van der Waals surface area contributed by atoms with Crippen molar-refractivity contribution >= 4 is 23.4 Å². The molecule has 2 aromatic heterocycles. The normalized spacial score (nSPS) is 19.5. The van der Waals surface area contributed by atoms with Gasteiger partial charge in [-0.3, -0.25) is 24.4 Å². The van der Waals surface area contributed by atoms with Gasteiger partial charge in [0, 0.05) is 112 Å². The maximum atomic E-state index is 16.5. The van der Waals surface area contributed by atoms with E-state index in [4.69, 9.17) is 26.1 Å². The van der Waals surface area contributed by atoms with Crippen molar-refractivity contribution in [3.63, 3.8) is 0 Å². The molecule has 53 heavy (non-hydrogen) atoms. The molecule has 1 atom stereocenters. The van der Waals surface area contributed by atoms with Gasteiger partial charge in [0.2, 0.25) is 23.6 Å². The molecule has 3 fully saturated rings. The molecule has 0 radical (unpaired) electrons. The second-order valence-corrected chi connectivity index (χ2v) is 15.1. The van der Waals surface area contributed by atoms with E-state index in [2.05, 4.69) is 25.8 Å². The van der Waals surface area contributed by atoms with E-state index in [0.29, 0.717) is 70.2 Å². The summed E-state index contributed by atoms with van der Waals surface area (Å²) in [5, 5.41) is 0.390. The number of nitrogens with zero attached hydrogens (tertiary/aromatic N) is 7. The Morgan fingerprint density at radius 3 is 2.17 bits per heavy atom. The first-order valence-corrected chi connectivity index (χ1v) is 18.5. The highest BCUT2D eigenvalue weighted by atomic mass is 35.5. The fourth-order valence-corrected chi connectivity index (χ4v) is 8.89. The lowest BCUT2D eigenvalue weighted by Crippen LogP contribution is -2.72. The molecule has 0 N–H and O–H groups in total. The smallest absolute Gasteiger partial charge is 0.237 e. The number of likely N-dealkylation sites (tertiary alicyclic amines) is 2. The third-order valence-corrected chi connectivity index (χ3v) is 11.8. The third kappa shape index (κ3) is 6.40. The van der Waals surface area contributed by atoms with Gasteiger partial charge in [-0.2, -0.15) is 0 Å². The first-order chi connectivity index (χ1) is 25.6. The van der Waals surface area contributed by atoms with Crippen LogP contribution in [0.1, 0.15) is 43.1 Å². The summed E-state index contributed by atoms with van der Waals surface area (Å²) < 4.78 is 28.0. The number of aromatic nitrogens is 3. The quantitative estimate of drug-likeness (QED) is 0.232. The lowest BCUT2D eigenvalue weighted by Gasteiger charge is -2.61. The van der Waals surface area contributed by atoms with Gasteiger partial charge in [0.25, 0.3) is 0 Å². The number of amides is 2. The zero-order valence-corrected chi connectivity index (χ0v) is 31.2. The van der Waals surface area contributed by atoms with E-state index in [0.717, 1.165) is 57.7 Å². The SMILES string of the molecule is COc1nc(-c2cccc(-c3cccc(-c4cc5c(c(OC)n4)C(N4CC6(CN(C(C)=O)C6)C4)CC5)c3Cl)c2F)cnc1CN1CCN(C(C)=O)CC1. The van der Waals surface area contributed by atoms with Crippen LogP contribution in [0.25, 0.3) is 33.6 Å². The fourth-order valence-electron chi connectivity index (χ4n) is 8.57. The number of carbonyl (C=O) groups is 2. The van der Waals surface area contributed by atoms with Crippen molar-refractivity contribution in [2.24, 2.45) is 5.41 Å². The number of pyridine rings is 1. The van der Waals surface area contributed by atoms with E-state index in [1.807, 2.05) is 28.0 Å². The first kappa shape index (κ1) is 35.4. The number of carbonyl (C=O) groups excluding carboxylic acids is 2. The molecule has 4 aromatic rings. The molecule has 0 bridgehead atoms. The van der Waals surface area contributed by atoms with E-state index in [1.54, 1.807) is 45.4 Å². The minimum absolute atomic E-state index is 0.0761. The van der Waals surface area contributed by atoms with Crippen LogP contribution in [0.5, 0.6) is 11.8 Å². The molecule has 1 spiro atoms. The van der Waals surface area contributed by atoms with Crippen molar-refractivity contribution in [2.75, 3.05) is 66.6 Å². The minimum Gasteiger partial charge on any atom is -0.481 e. The predicted molar refractivity (Wildman–Crippen MR) is 199 cm³/mol. The summed E-state index contributed by atoms with van der Waals surface area (Å²) in [4.78, 5) is 46.2. The van der Waals surface area contributed by atoms with Crippen molar-refractivity contribution in [1.29, 1.82) is 0 Å². The standard InChI is InChI=1S/C40H43ClFN7O4/c1-24(50)47-15-13-46(14-16-47)19-33-38(52-3)45-32(18-43-33)30-10-6-8-28(37(30)42)27-7-5-9-29(36(27)41)31-17-26-11-12-34(35(26)39(44-31)53-4)49-22-40(23-49)20-48(21-40)25(2)51/h5-10,17-18,34H,11-16,19-23H2,1-4H3. The van der Waals surface area contributed by atoms with E-state index in [9.17, 15) is 9.59 Å². The molecule has 1 aliphatic carbocycles. The van der Waals surface area contributed by atoms with Gasteiger partial charge in [-0.1, -0.05) is 41.9 Å². The number of hydrogen-bond donors (Lipinski definition) is 0. The maximum absolute atomic E-state index is 16.5. The van der Waals surface area contributed by atoms with E-state index in [-0.39, 0.29) is 28.8 Å². The highest BCUT2D eigenvalue weighted by molar-refractivity contribution is 6.36. The molecule has 3 aliphatic heterocycles. The molecular weight excluding hydrogens is 697 g/mol. The van der Waals surface area contributed by atoms with Gasteiger partial charge < -0.3 is 19.3 Å². The molecule has 13 heteroatoms. The minimum atomic E-state index is -0.469. The van der Waals surface area contributed by atoms with Crippen LogP contribution in [0.3, 0.4) is 0 Å². The molecule has 1 unspecified atom stereocenters. The molecule has 11 nitrogen and oxygen atoms in total. The van der Waals surface area contributed by atoms with Crippen molar-refractivity contribution < 1.29 is 23.5 Å². The third-order valence-electron chi connectivity index (χ3n) is 11.4. The number of hydrogen-bond acceptors (Lipinski definition) is 9. The Morgan fingerprint density at radius 1 is 0.849 bits per heavy atom. The lowest BCUT2D eigenvalue weighted by molar-refractivity contribution is -0.161. The molecule has 0 saturated carbocycles. The van der Waals surface area contributed by atoms with Crippen molar-refractivity contribution in [3.05, 3.63) is 76.3 Å². The molecule has 2 aromatic carbocycles. The topological polar surface area (TPSA) is 104 Å². The van der Waals surface area contributed by atoms with Crippen LogP contribution < -0.4 is 9.47 Å². The van der Waals surface area contributed by atoms with Gasteiger partial charge in [0.1, 0.15) is 11.5 Å². The van der Waals surface area contributed by atoms with Gasteiger partial charge in [0.05, 0.1) is 36.8 Å². The number of aryl methyl sites for hydroxylation is 1. The monoisotopic (exact) mass is 739 g/mol. The second kappa shape index (κ2) is 14.0. The predicted octanol–water partition coefficient (Wildman–Crippen LogP) is 5.50. The molecule has 4 aliphatic rings. The van der Waals surface area contributed by atoms with Gasteiger partial charge >= 0.3 is 0 Å². The lowest BCUT2D eigenvalue weighted by atomic mass is 9.72. The highest BCUT2D eigenvalue weighted by Crippen LogP contribution is 2.50. The summed E-state index contributed by atoms with van der Waals surface area (Å²) in [5.74, 6) is 0.669. The number of fused-ring (bicyclic) bond motifs is 1. The average Bonchev–Trinajstić information content (AvgIpc) is 3.54. The van der Waals surface area contributed by atoms with Crippen molar-refractivity contribution in [1.82, 2.24) is 34.6 Å². The summed E-state index contributed by atoms with van der Waals surface area (Å²) in [6.45, 7) is 10.1. The number of rotatable bonds is 8. The largest absolute Gasteiger partial charge is 0.481 e. The molecule has 8 rings (SSSR count). The Bertz CT molecular complexity index is 2090. The average molecular weight is 740 g/mol. The van der Waals surface area contributed by atoms with Gasteiger partial charge in [0.15, 0.2) is 0 Å². The first-order valence-electron chi connectivity index (χ1n) is 18.1. The molecule has 2 amide bonds. The Balaban J connectivity index is 1.04. The van der Waals surface area contributed by atoms with Crippen molar-refractivity contribution in [3.8, 4) is 45.4 Å². The number of halogens is 2. The van der Waals surface area contributed by atoms with E-state index in [1.165, 1.54) is 12.7 Å².